The van der Waals surface area contributed by atoms with Gasteiger partial charge in [-0.15, -0.1) is 0 Å². The predicted octanol–water partition coefficient (Wildman–Crippen LogP) is 6.26. The molecule has 0 spiro atoms. The highest BCUT2D eigenvalue weighted by atomic mass is 35.5. The SMILES string of the molecule is CCCCC1(COC(=O)c2ccc(Cl)cc2)C(c2ccccc2)NNC1c1ccccc1. The number of ether oxygens (including phenoxy) is 1. The van der Waals surface area contributed by atoms with Crippen LogP contribution in [0.3, 0.4) is 0 Å². The van der Waals surface area contributed by atoms with Crippen molar-refractivity contribution in [3.63, 3.8) is 0 Å². The quantitative estimate of drug-likeness (QED) is 0.399. The maximum atomic E-state index is 12.9. The number of rotatable bonds is 8. The third-order valence-corrected chi connectivity index (χ3v) is 6.59. The lowest BCUT2D eigenvalue weighted by atomic mass is 9.68. The van der Waals surface area contributed by atoms with Crippen molar-refractivity contribution in [1.29, 1.82) is 0 Å². The Morgan fingerprint density at radius 3 is 1.91 bits per heavy atom. The molecule has 0 radical (unpaired) electrons. The van der Waals surface area contributed by atoms with Crippen molar-refractivity contribution in [3.05, 3.63) is 107 Å². The van der Waals surface area contributed by atoms with E-state index in [1.54, 1.807) is 24.3 Å². The molecule has 5 heteroatoms. The molecular formula is C27H29ClN2O2. The Morgan fingerprint density at radius 2 is 1.41 bits per heavy atom. The van der Waals surface area contributed by atoms with Gasteiger partial charge in [0.15, 0.2) is 0 Å². The van der Waals surface area contributed by atoms with E-state index in [9.17, 15) is 4.79 Å². The van der Waals surface area contributed by atoms with Crippen molar-refractivity contribution in [2.24, 2.45) is 5.41 Å². The lowest BCUT2D eigenvalue weighted by Crippen LogP contribution is -2.38. The predicted molar refractivity (Wildman–Crippen MR) is 128 cm³/mol. The van der Waals surface area contributed by atoms with Gasteiger partial charge < -0.3 is 4.74 Å². The van der Waals surface area contributed by atoms with Crippen LogP contribution in [0.2, 0.25) is 5.02 Å². The molecule has 3 aromatic rings. The van der Waals surface area contributed by atoms with E-state index in [-0.39, 0.29) is 23.5 Å². The van der Waals surface area contributed by atoms with Gasteiger partial charge in [-0.1, -0.05) is 92.0 Å². The van der Waals surface area contributed by atoms with Crippen LogP contribution in [0.1, 0.15) is 59.8 Å². The Hall–Kier alpha value is -2.66. The van der Waals surface area contributed by atoms with E-state index in [4.69, 9.17) is 16.3 Å². The third-order valence-electron chi connectivity index (χ3n) is 6.34. The molecule has 1 saturated heterocycles. The number of hydrogen-bond donors (Lipinski definition) is 2. The zero-order valence-electron chi connectivity index (χ0n) is 18.3. The van der Waals surface area contributed by atoms with E-state index < -0.39 is 0 Å². The fourth-order valence-electron chi connectivity index (χ4n) is 4.64. The summed E-state index contributed by atoms with van der Waals surface area (Å²) in [6, 6.07) is 27.6. The molecule has 0 aromatic heterocycles. The Morgan fingerprint density at radius 1 is 0.875 bits per heavy atom. The normalized spacial score (nSPS) is 22.6. The zero-order valence-corrected chi connectivity index (χ0v) is 19.0. The van der Waals surface area contributed by atoms with Crippen LogP contribution >= 0.6 is 11.6 Å². The molecule has 4 rings (SSSR count). The molecule has 1 heterocycles. The number of halogens is 1. The molecule has 0 aliphatic carbocycles. The summed E-state index contributed by atoms with van der Waals surface area (Å²) in [6.07, 6.45) is 3.01. The fraction of sp³-hybridized carbons (Fsp3) is 0.296. The molecule has 1 aliphatic heterocycles. The summed E-state index contributed by atoms with van der Waals surface area (Å²) in [5.41, 5.74) is 9.58. The maximum Gasteiger partial charge on any atom is 0.338 e. The molecule has 4 nitrogen and oxygen atoms in total. The van der Waals surface area contributed by atoms with Crippen molar-refractivity contribution >= 4 is 17.6 Å². The first kappa shape index (κ1) is 22.5. The Bertz CT molecular complexity index is 961. The minimum Gasteiger partial charge on any atom is -0.461 e. The number of hydrogen-bond acceptors (Lipinski definition) is 4. The van der Waals surface area contributed by atoms with Gasteiger partial charge in [-0.25, -0.2) is 15.6 Å². The van der Waals surface area contributed by atoms with E-state index in [0.717, 1.165) is 19.3 Å². The lowest BCUT2D eigenvalue weighted by molar-refractivity contribution is 0.0155. The first-order valence-electron chi connectivity index (χ1n) is 11.2. The van der Waals surface area contributed by atoms with Gasteiger partial charge >= 0.3 is 5.97 Å². The summed E-state index contributed by atoms with van der Waals surface area (Å²) in [4.78, 5) is 12.9. The Labute approximate surface area is 194 Å². The molecule has 166 valence electrons. The van der Waals surface area contributed by atoms with Crippen LogP contribution in [0, 0.1) is 5.41 Å². The van der Waals surface area contributed by atoms with Crippen LogP contribution in [0.4, 0.5) is 0 Å². The smallest absolute Gasteiger partial charge is 0.338 e. The fourth-order valence-corrected chi connectivity index (χ4v) is 4.77. The van der Waals surface area contributed by atoms with Gasteiger partial charge in [0.1, 0.15) is 6.61 Å². The molecule has 3 aromatic carbocycles. The second-order valence-electron chi connectivity index (χ2n) is 8.40. The molecule has 1 aliphatic rings. The highest BCUT2D eigenvalue weighted by molar-refractivity contribution is 6.30. The standard InChI is InChI=1S/C27H29ClN2O2/c1-2-3-18-27(19-32-26(31)22-14-16-23(28)17-15-22)24(20-10-6-4-7-11-20)29-30-25(27)21-12-8-5-9-13-21/h4-17,24-25,29-30H,2-3,18-19H2,1H3. The largest absolute Gasteiger partial charge is 0.461 e. The van der Waals surface area contributed by atoms with Crippen LogP contribution in [0.25, 0.3) is 0 Å². The summed E-state index contributed by atoms with van der Waals surface area (Å²) < 4.78 is 5.99. The highest BCUT2D eigenvalue weighted by Gasteiger charge is 2.52. The van der Waals surface area contributed by atoms with Crippen molar-refractivity contribution in [3.8, 4) is 0 Å². The molecule has 32 heavy (non-hydrogen) atoms. The van der Waals surface area contributed by atoms with Crippen LogP contribution < -0.4 is 10.9 Å². The van der Waals surface area contributed by atoms with E-state index in [1.165, 1.54) is 11.1 Å². The number of carbonyl (C=O) groups excluding carboxylic acids is 1. The van der Waals surface area contributed by atoms with Gasteiger partial charge in [0.2, 0.25) is 0 Å². The molecule has 2 atom stereocenters. The minimum atomic E-state index is -0.346. The maximum absolute atomic E-state index is 12.9. The number of esters is 1. The molecule has 2 unspecified atom stereocenters. The number of nitrogens with one attached hydrogen (secondary N) is 2. The van der Waals surface area contributed by atoms with E-state index >= 15 is 0 Å². The second kappa shape index (κ2) is 10.3. The van der Waals surface area contributed by atoms with E-state index in [2.05, 4.69) is 66.3 Å². The van der Waals surface area contributed by atoms with Crippen molar-refractivity contribution in [1.82, 2.24) is 10.9 Å². The van der Waals surface area contributed by atoms with Crippen molar-refractivity contribution < 1.29 is 9.53 Å². The molecule has 1 fully saturated rings. The molecule has 0 saturated carbocycles. The van der Waals surface area contributed by atoms with Crippen molar-refractivity contribution in [2.75, 3.05) is 6.61 Å². The first-order chi connectivity index (χ1) is 15.6. The highest BCUT2D eigenvalue weighted by Crippen LogP contribution is 2.51. The van der Waals surface area contributed by atoms with Gasteiger partial charge in [0, 0.05) is 10.4 Å². The number of unbranched alkanes of at least 4 members (excludes halogenated alkanes) is 1. The minimum absolute atomic E-state index is 0.00141. The zero-order chi connectivity index (χ0) is 22.4. The van der Waals surface area contributed by atoms with Crippen LogP contribution in [0.15, 0.2) is 84.9 Å². The van der Waals surface area contributed by atoms with E-state index in [0.29, 0.717) is 17.2 Å². The van der Waals surface area contributed by atoms with E-state index in [1.807, 2.05) is 12.1 Å². The van der Waals surface area contributed by atoms with Crippen molar-refractivity contribution in [2.45, 2.75) is 38.3 Å². The topological polar surface area (TPSA) is 50.4 Å². The molecule has 2 N–H and O–H groups in total. The van der Waals surface area contributed by atoms with Gasteiger partial charge in [-0.2, -0.15) is 0 Å². The van der Waals surface area contributed by atoms with Crippen LogP contribution in [0.5, 0.6) is 0 Å². The summed E-state index contributed by atoms with van der Waals surface area (Å²) >= 11 is 5.98. The lowest BCUT2D eigenvalue weighted by Gasteiger charge is -2.38. The van der Waals surface area contributed by atoms with Gasteiger partial charge in [-0.3, -0.25) is 0 Å². The molecular weight excluding hydrogens is 420 g/mol. The number of benzene rings is 3. The third kappa shape index (κ3) is 4.73. The Balaban J connectivity index is 1.69. The summed E-state index contributed by atoms with van der Waals surface area (Å²) in [5.74, 6) is -0.330. The number of carbonyl (C=O) groups is 1. The summed E-state index contributed by atoms with van der Waals surface area (Å²) in [6.45, 7) is 2.49. The van der Waals surface area contributed by atoms with Gasteiger partial charge in [0.25, 0.3) is 0 Å². The average Bonchev–Trinajstić information content (AvgIpc) is 3.22. The number of hydrazine groups is 1. The molecule has 0 bridgehead atoms. The summed E-state index contributed by atoms with van der Waals surface area (Å²) in [7, 11) is 0. The second-order valence-corrected chi connectivity index (χ2v) is 8.83. The van der Waals surface area contributed by atoms with Crippen LogP contribution in [-0.4, -0.2) is 12.6 Å². The Kier molecular flexibility index (Phi) is 7.26. The first-order valence-corrected chi connectivity index (χ1v) is 11.6. The van der Waals surface area contributed by atoms with Gasteiger partial charge in [0.05, 0.1) is 17.6 Å². The molecule has 0 amide bonds. The van der Waals surface area contributed by atoms with Crippen LogP contribution in [-0.2, 0) is 4.74 Å². The van der Waals surface area contributed by atoms with Gasteiger partial charge in [-0.05, 0) is 41.8 Å². The summed E-state index contributed by atoms with van der Waals surface area (Å²) in [5, 5.41) is 0.596. The average molecular weight is 449 g/mol. The monoisotopic (exact) mass is 448 g/mol.